The monoisotopic (exact) mass is 328 g/mol. The zero-order valence-electron chi connectivity index (χ0n) is 9.98. The molecule has 0 aromatic heterocycles. The Labute approximate surface area is 118 Å². The van der Waals surface area contributed by atoms with Crippen LogP contribution in [-0.2, 0) is 9.59 Å². The second kappa shape index (κ2) is 7.52. The van der Waals surface area contributed by atoms with Crippen molar-refractivity contribution < 1.29 is 19.5 Å². The van der Waals surface area contributed by atoms with Crippen LogP contribution in [0.4, 0.5) is 0 Å². The molecule has 0 saturated carbocycles. The summed E-state index contributed by atoms with van der Waals surface area (Å²) in [5.41, 5.74) is 4.89. The fraction of sp³-hybridized carbons (Fsp3) is 0.250. The number of amides is 2. The number of hydrogen-bond acceptors (Lipinski definition) is 3. The van der Waals surface area contributed by atoms with Crippen molar-refractivity contribution in [2.75, 3.05) is 0 Å². The largest absolute Gasteiger partial charge is 0.481 e. The highest BCUT2D eigenvalue weighted by atomic mass is 79.9. The smallest absolute Gasteiger partial charge is 0.303 e. The van der Waals surface area contributed by atoms with Gasteiger partial charge in [-0.05, 0) is 34.5 Å². The van der Waals surface area contributed by atoms with E-state index in [0.29, 0.717) is 10.0 Å². The van der Waals surface area contributed by atoms with E-state index in [1.807, 2.05) is 0 Å². The lowest BCUT2D eigenvalue weighted by atomic mass is 10.2. The van der Waals surface area contributed by atoms with E-state index in [-0.39, 0.29) is 19.3 Å². The summed E-state index contributed by atoms with van der Waals surface area (Å²) in [5.74, 6) is -1.83. The van der Waals surface area contributed by atoms with Crippen LogP contribution in [0.25, 0.3) is 0 Å². The Morgan fingerprint density at radius 2 is 1.79 bits per heavy atom. The number of rotatable bonds is 5. The first kappa shape index (κ1) is 15.2. The quantitative estimate of drug-likeness (QED) is 0.713. The molecule has 0 heterocycles. The van der Waals surface area contributed by atoms with Crippen LogP contribution in [0.15, 0.2) is 28.7 Å². The number of carboxylic acids is 1. The second-order valence-electron chi connectivity index (χ2n) is 3.73. The van der Waals surface area contributed by atoms with Gasteiger partial charge in [0.1, 0.15) is 0 Å². The fourth-order valence-corrected chi connectivity index (χ4v) is 1.77. The van der Waals surface area contributed by atoms with E-state index < -0.39 is 17.8 Å². The second-order valence-corrected chi connectivity index (χ2v) is 4.58. The summed E-state index contributed by atoms with van der Waals surface area (Å²) in [7, 11) is 0. The molecule has 102 valence electrons. The van der Waals surface area contributed by atoms with Gasteiger partial charge in [0.05, 0.1) is 5.56 Å². The van der Waals surface area contributed by atoms with Crippen LogP contribution >= 0.6 is 15.9 Å². The standard InChI is InChI=1S/C12H13BrN2O4/c13-9-5-2-1-4-8(9)12(19)15-14-10(16)6-3-7-11(17)18/h1-2,4-5H,3,6-7H2,(H,14,16)(H,15,19)(H,17,18). The van der Waals surface area contributed by atoms with Crippen LogP contribution in [0.1, 0.15) is 29.6 Å². The molecule has 0 aliphatic rings. The third-order valence-corrected chi connectivity index (χ3v) is 2.92. The molecule has 0 saturated heterocycles. The van der Waals surface area contributed by atoms with Crippen molar-refractivity contribution in [3.8, 4) is 0 Å². The molecule has 0 aliphatic carbocycles. The van der Waals surface area contributed by atoms with Crippen molar-refractivity contribution in [1.82, 2.24) is 10.9 Å². The number of hydrogen-bond donors (Lipinski definition) is 3. The van der Waals surface area contributed by atoms with Gasteiger partial charge in [-0.25, -0.2) is 0 Å². The Bertz CT molecular complexity index is 490. The number of benzene rings is 1. The number of halogens is 1. The van der Waals surface area contributed by atoms with Gasteiger partial charge in [0.25, 0.3) is 5.91 Å². The van der Waals surface area contributed by atoms with Gasteiger partial charge >= 0.3 is 5.97 Å². The first-order valence-electron chi connectivity index (χ1n) is 5.56. The number of hydrazine groups is 1. The van der Waals surface area contributed by atoms with Gasteiger partial charge < -0.3 is 5.11 Å². The average molecular weight is 329 g/mol. The molecule has 0 unspecified atom stereocenters. The predicted molar refractivity (Wildman–Crippen MR) is 71.2 cm³/mol. The lowest BCUT2D eigenvalue weighted by molar-refractivity contribution is -0.137. The topological polar surface area (TPSA) is 95.5 Å². The summed E-state index contributed by atoms with van der Waals surface area (Å²) in [6, 6.07) is 6.79. The third-order valence-electron chi connectivity index (χ3n) is 2.23. The molecule has 7 heteroatoms. The lowest BCUT2D eigenvalue weighted by Gasteiger charge is -2.08. The van der Waals surface area contributed by atoms with E-state index in [9.17, 15) is 14.4 Å². The van der Waals surface area contributed by atoms with Gasteiger partial charge in [-0.3, -0.25) is 25.2 Å². The Kier molecular flexibility index (Phi) is 6.01. The zero-order valence-corrected chi connectivity index (χ0v) is 11.6. The molecule has 0 aliphatic heterocycles. The summed E-state index contributed by atoms with van der Waals surface area (Å²) in [4.78, 5) is 33.3. The Balaban J connectivity index is 2.36. The van der Waals surface area contributed by atoms with Crippen LogP contribution in [0.5, 0.6) is 0 Å². The lowest BCUT2D eigenvalue weighted by Crippen LogP contribution is -2.41. The van der Waals surface area contributed by atoms with Crippen molar-refractivity contribution >= 4 is 33.7 Å². The van der Waals surface area contributed by atoms with Crippen LogP contribution in [0.3, 0.4) is 0 Å². The van der Waals surface area contributed by atoms with E-state index >= 15 is 0 Å². The number of carboxylic acid groups (broad SMARTS) is 1. The van der Waals surface area contributed by atoms with E-state index in [2.05, 4.69) is 26.8 Å². The Morgan fingerprint density at radius 1 is 1.11 bits per heavy atom. The minimum atomic E-state index is -0.954. The number of nitrogens with one attached hydrogen (secondary N) is 2. The van der Waals surface area contributed by atoms with Crippen molar-refractivity contribution in [3.63, 3.8) is 0 Å². The molecular formula is C12H13BrN2O4. The molecule has 0 bridgehead atoms. The Hall–Kier alpha value is -1.89. The Morgan fingerprint density at radius 3 is 2.42 bits per heavy atom. The predicted octanol–water partition coefficient (Wildman–Crippen LogP) is 1.46. The van der Waals surface area contributed by atoms with Gasteiger partial charge in [-0.2, -0.15) is 0 Å². The fourth-order valence-electron chi connectivity index (χ4n) is 1.30. The minimum absolute atomic E-state index is 0.0442. The molecule has 2 amide bonds. The molecule has 1 aromatic rings. The molecule has 6 nitrogen and oxygen atoms in total. The van der Waals surface area contributed by atoms with Crippen LogP contribution in [-0.4, -0.2) is 22.9 Å². The average Bonchev–Trinajstić information content (AvgIpc) is 2.36. The number of aliphatic carboxylic acids is 1. The van der Waals surface area contributed by atoms with Crippen LogP contribution < -0.4 is 10.9 Å². The molecule has 19 heavy (non-hydrogen) atoms. The highest BCUT2D eigenvalue weighted by molar-refractivity contribution is 9.10. The third kappa shape index (κ3) is 5.52. The maximum atomic E-state index is 11.7. The summed E-state index contributed by atoms with van der Waals surface area (Å²) < 4.78 is 0.618. The number of carbonyl (C=O) groups is 3. The maximum Gasteiger partial charge on any atom is 0.303 e. The van der Waals surface area contributed by atoms with Gasteiger partial charge in [0.2, 0.25) is 5.91 Å². The van der Waals surface area contributed by atoms with Gasteiger partial charge in [-0.1, -0.05) is 12.1 Å². The van der Waals surface area contributed by atoms with E-state index in [0.717, 1.165) is 0 Å². The molecule has 1 aromatic carbocycles. The first-order valence-corrected chi connectivity index (χ1v) is 6.35. The molecule has 0 radical (unpaired) electrons. The molecular weight excluding hydrogens is 316 g/mol. The van der Waals surface area contributed by atoms with Gasteiger partial charge in [-0.15, -0.1) is 0 Å². The molecule has 0 fully saturated rings. The summed E-state index contributed by atoms with van der Waals surface area (Å²) in [6.07, 6.45) is 0.195. The zero-order chi connectivity index (χ0) is 14.3. The minimum Gasteiger partial charge on any atom is -0.481 e. The number of carbonyl (C=O) groups excluding carboxylic acids is 2. The van der Waals surface area contributed by atoms with E-state index in [4.69, 9.17) is 5.11 Å². The summed E-state index contributed by atoms with van der Waals surface area (Å²) >= 11 is 3.22. The van der Waals surface area contributed by atoms with E-state index in [1.54, 1.807) is 24.3 Å². The van der Waals surface area contributed by atoms with Crippen molar-refractivity contribution in [3.05, 3.63) is 34.3 Å². The van der Waals surface area contributed by atoms with Crippen molar-refractivity contribution in [2.24, 2.45) is 0 Å². The van der Waals surface area contributed by atoms with Crippen molar-refractivity contribution in [1.29, 1.82) is 0 Å². The molecule has 0 spiro atoms. The molecule has 1 rings (SSSR count). The van der Waals surface area contributed by atoms with Crippen LogP contribution in [0.2, 0.25) is 0 Å². The molecule has 3 N–H and O–H groups in total. The first-order chi connectivity index (χ1) is 9.00. The highest BCUT2D eigenvalue weighted by Gasteiger charge is 2.10. The maximum absolute atomic E-state index is 11.7. The van der Waals surface area contributed by atoms with Gasteiger partial charge in [0, 0.05) is 17.3 Å². The normalized spacial score (nSPS) is 9.74. The SMILES string of the molecule is O=C(O)CCCC(=O)NNC(=O)c1ccccc1Br. The summed E-state index contributed by atoms with van der Waals surface area (Å²) in [6.45, 7) is 0. The molecule has 0 atom stereocenters. The van der Waals surface area contributed by atoms with Gasteiger partial charge in [0.15, 0.2) is 0 Å². The van der Waals surface area contributed by atoms with Crippen molar-refractivity contribution in [2.45, 2.75) is 19.3 Å². The van der Waals surface area contributed by atoms with Crippen LogP contribution in [0, 0.1) is 0 Å². The summed E-state index contributed by atoms with van der Waals surface area (Å²) in [5, 5.41) is 8.42. The highest BCUT2D eigenvalue weighted by Crippen LogP contribution is 2.15. The van der Waals surface area contributed by atoms with E-state index in [1.165, 1.54) is 0 Å².